The Bertz CT molecular complexity index is 944. The van der Waals surface area contributed by atoms with Gasteiger partial charge in [-0.3, -0.25) is 15.3 Å². The van der Waals surface area contributed by atoms with Gasteiger partial charge >= 0.3 is 0 Å². The van der Waals surface area contributed by atoms with Crippen molar-refractivity contribution < 1.29 is 4.74 Å². The highest BCUT2D eigenvalue weighted by molar-refractivity contribution is 7.15. The molecule has 0 aliphatic carbocycles. The number of hydrogen-bond donors (Lipinski definition) is 2. The first kappa shape index (κ1) is 14.6. The molecule has 0 atom stereocenters. The van der Waals surface area contributed by atoms with Crippen LogP contribution in [0.4, 0.5) is 11.5 Å². The van der Waals surface area contributed by atoms with E-state index in [2.05, 4.69) is 10.9 Å². The number of methoxy groups -OCH3 is 1. The number of nitrogens with zero attached hydrogens (tertiary/aromatic N) is 2. The lowest BCUT2D eigenvalue weighted by Crippen LogP contribution is -2.10. The fourth-order valence-corrected chi connectivity index (χ4v) is 3.22. The highest BCUT2D eigenvalue weighted by atomic mass is 32.1. The number of para-hydroxylation sites is 1. The summed E-state index contributed by atoms with van der Waals surface area (Å²) in [6.45, 7) is 0. The zero-order valence-corrected chi connectivity index (χ0v) is 13.9. The first-order chi connectivity index (χ1) is 11.8. The monoisotopic (exact) mass is 336 g/mol. The van der Waals surface area contributed by atoms with Crippen molar-refractivity contribution in [3.05, 3.63) is 66.2 Å². The number of anilines is 2. The number of hydrazine groups is 1. The Balaban J connectivity index is 1.70. The molecule has 0 spiro atoms. The third kappa shape index (κ3) is 2.68. The van der Waals surface area contributed by atoms with Crippen molar-refractivity contribution in [2.24, 2.45) is 0 Å². The van der Waals surface area contributed by atoms with Crippen LogP contribution in [0.25, 0.3) is 16.2 Å². The maximum Gasteiger partial charge on any atom is 0.195 e. The van der Waals surface area contributed by atoms with E-state index in [0.29, 0.717) is 0 Å². The molecule has 2 aromatic heterocycles. The minimum atomic E-state index is 0.830. The van der Waals surface area contributed by atoms with Gasteiger partial charge in [-0.1, -0.05) is 18.2 Å². The van der Waals surface area contributed by atoms with E-state index in [9.17, 15) is 0 Å². The minimum Gasteiger partial charge on any atom is -0.497 e. The van der Waals surface area contributed by atoms with Crippen LogP contribution >= 0.6 is 11.3 Å². The molecule has 2 heterocycles. The average molecular weight is 336 g/mol. The second-order valence-electron chi connectivity index (χ2n) is 5.21. The molecule has 0 aliphatic heterocycles. The van der Waals surface area contributed by atoms with Crippen molar-refractivity contribution >= 4 is 27.8 Å². The fraction of sp³-hybridized carbons (Fsp3) is 0.0556. The largest absolute Gasteiger partial charge is 0.497 e. The fourth-order valence-electron chi connectivity index (χ4n) is 2.51. The first-order valence-corrected chi connectivity index (χ1v) is 8.40. The van der Waals surface area contributed by atoms with Crippen LogP contribution in [0.15, 0.2) is 66.2 Å². The van der Waals surface area contributed by atoms with Gasteiger partial charge in [-0.15, -0.1) is 11.3 Å². The number of benzene rings is 2. The minimum absolute atomic E-state index is 0.830. The molecule has 0 aliphatic rings. The number of hydrogen-bond acceptors (Lipinski definition) is 5. The summed E-state index contributed by atoms with van der Waals surface area (Å²) in [4.78, 5) is 5.69. The second kappa shape index (κ2) is 6.25. The summed E-state index contributed by atoms with van der Waals surface area (Å²) in [7, 11) is 1.67. The lowest BCUT2D eigenvalue weighted by atomic mass is 10.1. The molecule has 2 N–H and O–H groups in total. The van der Waals surface area contributed by atoms with E-state index in [1.165, 1.54) is 0 Å². The van der Waals surface area contributed by atoms with Gasteiger partial charge in [0.1, 0.15) is 11.4 Å². The Hall–Kier alpha value is -2.99. The molecule has 0 unspecified atom stereocenters. The Morgan fingerprint density at radius 3 is 2.54 bits per heavy atom. The number of fused-ring (bicyclic) bond motifs is 1. The quantitative estimate of drug-likeness (QED) is 0.527. The summed E-state index contributed by atoms with van der Waals surface area (Å²) in [5, 5.41) is 2.02. The molecule has 0 bridgehead atoms. The summed E-state index contributed by atoms with van der Waals surface area (Å²) < 4.78 is 7.27. The molecule has 0 saturated heterocycles. The summed E-state index contributed by atoms with van der Waals surface area (Å²) >= 11 is 1.61. The van der Waals surface area contributed by atoms with E-state index in [1.54, 1.807) is 18.4 Å². The van der Waals surface area contributed by atoms with Gasteiger partial charge in [0.15, 0.2) is 10.8 Å². The van der Waals surface area contributed by atoms with Gasteiger partial charge in [-0.2, -0.15) is 0 Å². The second-order valence-corrected chi connectivity index (χ2v) is 6.08. The highest BCUT2D eigenvalue weighted by Crippen LogP contribution is 2.31. The smallest absolute Gasteiger partial charge is 0.195 e. The van der Waals surface area contributed by atoms with Gasteiger partial charge in [0.25, 0.3) is 0 Å². The molecule has 5 nitrogen and oxygen atoms in total. The van der Waals surface area contributed by atoms with Crippen molar-refractivity contribution in [1.82, 2.24) is 9.38 Å². The number of thiazole rings is 1. The molecule has 6 heteroatoms. The Labute approximate surface area is 143 Å². The van der Waals surface area contributed by atoms with E-state index in [4.69, 9.17) is 9.72 Å². The molecule has 0 saturated carbocycles. The predicted molar refractivity (Wildman–Crippen MR) is 98.7 cm³/mol. The molecule has 0 radical (unpaired) electrons. The SMILES string of the molecule is COc1ccc(-c2nc3sccn3c2NNc2ccccc2)cc1. The van der Waals surface area contributed by atoms with Crippen molar-refractivity contribution in [2.45, 2.75) is 0 Å². The topological polar surface area (TPSA) is 50.6 Å². The number of aromatic nitrogens is 2. The van der Waals surface area contributed by atoms with Crippen LogP contribution in [0.3, 0.4) is 0 Å². The molecule has 120 valence electrons. The lowest BCUT2D eigenvalue weighted by Gasteiger charge is -2.11. The van der Waals surface area contributed by atoms with Gasteiger partial charge in [-0.05, 0) is 36.4 Å². The Morgan fingerprint density at radius 2 is 1.79 bits per heavy atom. The number of ether oxygens (including phenoxy) is 1. The van der Waals surface area contributed by atoms with Crippen LogP contribution in [-0.4, -0.2) is 16.5 Å². The van der Waals surface area contributed by atoms with Crippen LogP contribution in [0.5, 0.6) is 5.75 Å². The summed E-state index contributed by atoms with van der Waals surface area (Å²) in [5.74, 6) is 1.73. The van der Waals surface area contributed by atoms with Gasteiger partial charge in [0.2, 0.25) is 0 Å². The van der Waals surface area contributed by atoms with E-state index in [1.807, 2.05) is 70.6 Å². The van der Waals surface area contributed by atoms with Crippen LogP contribution in [0.1, 0.15) is 0 Å². The van der Waals surface area contributed by atoms with Crippen molar-refractivity contribution in [3.8, 4) is 17.0 Å². The number of nitrogens with one attached hydrogen (secondary N) is 2. The zero-order valence-electron chi connectivity index (χ0n) is 13.1. The van der Waals surface area contributed by atoms with E-state index >= 15 is 0 Å². The number of rotatable bonds is 5. The normalized spacial score (nSPS) is 10.7. The van der Waals surface area contributed by atoms with Crippen LogP contribution in [0.2, 0.25) is 0 Å². The Morgan fingerprint density at radius 1 is 1.00 bits per heavy atom. The molecular weight excluding hydrogens is 320 g/mol. The predicted octanol–water partition coefficient (Wildman–Crippen LogP) is 4.51. The number of imidazole rings is 1. The van der Waals surface area contributed by atoms with Crippen molar-refractivity contribution in [3.63, 3.8) is 0 Å². The van der Waals surface area contributed by atoms with Gasteiger partial charge < -0.3 is 4.74 Å². The van der Waals surface area contributed by atoms with Crippen LogP contribution in [0, 0.1) is 0 Å². The van der Waals surface area contributed by atoms with Crippen molar-refractivity contribution in [1.29, 1.82) is 0 Å². The summed E-state index contributed by atoms with van der Waals surface area (Å²) in [6.07, 6.45) is 2.01. The Kier molecular flexibility index (Phi) is 3.80. The van der Waals surface area contributed by atoms with Crippen molar-refractivity contribution in [2.75, 3.05) is 18.0 Å². The van der Waals surface area contributed by atoms with Crippen LogP contribution in [-0.2, 0) is 0 Å². The van der Waals surface area contributed by atoms with E-state index in [-0.39, 0.29) is 0 Å². The van der Waals surface area contributed by atoms with E-state index in [0.717, 1.165) is 33.5 Å². The third-order valence-electron chi connectivity index (χ3n) is 3.72. The standard InChI is InChI=1S/C18H16N4OS/c1-23-15-9-7-13(8-10-15)16-17(22-11-12-24-18(22)19-16)21-20-14-5-3-2-4-6-14/h2-12,20-21H,1H3. The summed E-state index contributed by atoms with van der Waals surface area (Å²) in [6, 6.07) is 17.9. The van der Waals surface area contributed by atoms with Gasteiger partial charge in [0.05, 0.1) is 12.8 Å². The third-order valence-corrected chi connectivity index (χ3v) is 4.48. The van der Waals surface area contributed by atoms with Crippen LogP contribution < -0.4 is 15.6 Å². The van der Waals surface area contributed by atoms with Gasteiger partial charge in [-0.25, -0.2) is 4.98 Å². The maximum absolute atomic E-state index is 5.23. The molecule has 24 heavy (non-hydrogen) atoms. The lowest BCUT2D eigenvalue weighted by molar-refractivity contribution is 0.415. The molecule has 2 aromatic carbocycles. The molecule has 0 amide bonds. The first-order valence-electron chi connectivity index (χ1n) is 7.52. The average Bonchev–Trinajstić information content (AvgIpc) is 3.22. The molecule has 4 aromatic rings. The highest BCUT2D eigenvalue weighted by Gasteiger charge is 2.15. The molecular formula is C18H16N4OS. The summed E-state index contributed by atoms with van der Waals surface area (Å²) in [5.41, 5.74) is 9.44. The zero-order chi connectivity index (χ0) is 16.4. The maximum atomic E-state index is 5.23. The molecule has 0 fully saturated rings. The van der Waals surface area contributed by atoms with Gasteiger partial charge in [0, 0.05) is 17.1 Å². The molecule has 4 rings (SSSR count). The van der Waals surface area contributed by atoms with E-state index < -0.39 is 0 Å².